The number of hydrogen-bond acceptors (Lipinski definition) is 3. The van der Waals surface area contributed by atoms with Crippen molar-refractivity contribution in [2.24, 2.45) is 0 Å². The lowest BCUT2D eigenvalue weighted by atomic mass is 9.93. The minimum Gasteiger partial charge on any atom is -0.508 e. The van der Waals surface area contributed by atoms with Crippen molar-refractivity contribution < 1.29 is 9.90 Å². The Morgan fingerprint density at radius 3 is 2.78 bits per heavy atom. The Kier molecular flexibility index (Phi) is 3.34. The Labute approximate surface area is 111 Å². The molecule has 5 heteroatoms. The molecular weight excluding hydrogens is 248 g/mol. The lowest BCUT2D eigenvalue weighted by Crippen LogP contribution is -2.44. The summed E-state index contributed by atoms with van der Waals surface area (Å²) in [6.07, 6.45) is 0. The zero-order chi connectivity index (χ0) is 13.3. The molecule has 4 nitrogen and oxygen atoms in total. The summed E-state index contributed by atoms with van der Waals surface area (Å²) in [5, 5.41) is 16.0. The smallest absolute Gasteiger partial charge is 0.171 e. The van der Waals surface area contributed by atoms with Gasteiger partial charge in [0.1, 0.15) is 5.75 Å². The van der Waals surface area contributed by atoms with E-state index in [2.05, 4.69) is 10.6 Å². The first-order valence-corrected chi connectivity index (χ1v) is 5.98. The zero-order valence-electron chi connectivity index (χ0n) is 10.2. The summed E-state index contributed by atoms with van der Waals surface area (Å²) < 4.78 is 0. The number of phenolic OH excluding ortho intramolecular Hbond substituents is 1. The van der Waals surface area contributed by atoms with E-state index in [0.29, 0.717) is 10.7 Å². The van der Waals surface area contributed by atoms with Crippen molar-refractivity contribution in [3.63, 3.8) is 0 Å². The van der Waals surface area contributed by atoms with Crippen molar-refractivity contribution >= 4 is 23.1 Å². The van der Waals surface area contributed by atoms with Crippen molar-refractivity contribution in [3.8, 4) is 5.75 Å². The average molecular weight is 262 g/mol. The first-order valence-electron chi connectivity index (χ1n) is 5.57. The Bertz CT molecular complexity index is 552. The van der Waals surface area contributed by atoms with Crippen LogP contribution in [0.3, 0.4) is 0 Å². The number of nitrogens with one attached hydrogen (secondary N) is 2. The van der Waals surface area contributed by atoms with Crippen LogP contribution in [0.4, 0.5) is 0 Å². The number of rotatable bonds is 2. The number of hydrogen-bond donors (Lipinski definition) is 3. The van der Waals surface area contributed by atoms with E-state index in [9.17, 15) is 9.90 Å². The van der Waals surface area contributed by atoms with Gasteiger partial charge in [-0.3, -0.25) is 4.79 Å². The summed E-state index contributed by atoms with van der Waals surface area (Å²) in [4.78, 5) is 11.7. The molecule has 0 aliphatic carbocycles. The quantitative estimate of drug-likeness (QED) is 0.709. The second kappa shape index (κ2) is 4.78. The number of aromatic hydroxyl groups is 1. The fraction of sp³-hybridized carbons (Fsp3) is 0.231. The van der Waals surface area contributed by atoms with Gasteiger partial charge in [-0.15, -0.1) is 0 Å². The predicted octanol–water partition coefficient (Wildman–Crippen LogP) is 1.77. The van der Waals surface area contributed by atoms with Gasteiger partial charge >= 0.3 is 0 Å². The largest absolute Gasteiger partial charge is 0.508 e. The highest BCUT2D eigenvalue weighted by molar-refractivity contribution is 7.80. The molecule has 3 N–H and O–H groups in total. The molecule has 0 spiro atoms. The molecule has 18 heavy (non-hydrogen) atoms. The maximum absolute atomic E-state index is 11.7. The van der Waals surface area contributed by atoms with Crippen LogP contribution in [0.25, 0.3) is 0 Å². The summed E-state index contributed by atoms with van der Waals surface area (Å²) in [5.74, 6) is 0.141. The van der Waals surface area contributed by atoms with Crippen LogP contribution in [0, 0.1) is 0 Å². The topological polar surface area (TPSA) is 61.4 Å². The van der Waals surface area contributed by atoms with E-state index in [1.54, 1.807) is 18.2 Å². The minimum absolute atomic E-state index is 0.0247. The highest BCUT2D eigenvalue weighted by atomic mass is 32.1. The highest BCUT2D eigenvalue weighted by Crippen LogP contribution is 2.28. The summed E-state index contributed by atoms with van der Waals surface area (Å²) in [6, 6.07) is 6.49. The van der Waals surface area contributed by atoms with Crippen LogP contribution in [0.5, 0.6) is 5.75 Å². The maximum atomic E-state index is 11.7. The molecule has 0 bridgehead atoms. The van der Waals surface area contributed by atoms with Gasteiger partial charge in [0.25, 0.3) is 0 Å². The molecule has 0 aromatic heterocycles. The van der Waals surface area contributed by atoms with Gasteiger partial charge in [0.2, 0.25) is 0 Å². The van der Waals surface area contributed by atoms with Crippen molar-refractivity contribution in [2.45, 2.75) is 19.9 Å². The summed E-state index contributed by atoms with van der Waals surface area (Å²) in [5.41, 5.74) is 2.19. The van der Waals surface area contributed by atoms with E-state index in [-0.39, 0.29) is 17.6 Å². The Morgan fingerprint density at radius 2 is 2.17 bits per heavy atom. The van der Waals surface area contributed by atoms with Crippen LogP contribution in [0.15, 0.2) is 35.5 Å². The number of benzene rings is 1. The lowest BCUT2D eigenvalue weighted by molar-refractivity contribution is -0.114. The molecular formula is C13H14N2O2S. The number of thiocarbonyl (C=S) groups is 1. The van der Waals surface area contributed by atoms with E-state index in [4.69, 9.17) is 12.2 Å². The predicted molar refractivity (Wildman–Crippen MR) is 73.1 cm³/mol. The molecule has 1 aromatic rings. The van der Waals surface area contributed by atoms with Gasteiger partial charge in [-0.05, 0) is 43.8 Å². The maximum Gasteiger partial charge on any atom is 0.171 e. The van der Waals surface area contributed by atoms with Gasteiger partial charge in [-0.2, -0.15) is 0 Å². The third-order valence-electron chi connectivity index (χ3n) is 2.85. The summed E-state index contributed by atoms with van der Waals surface area (Å²) in [7, 11) is 0. The molecule has 0 saturated carbocycles. The third kappa shape index (κ3) is 2.36. The molecule has 1 aliphatic heterocycles. The molecule has 0 saturated heterocycles. The number of Topliss-reactive ketones (excluding diaryl/α,β-unsaturated/α-hetero) is 1. The van der Waals surface area contributed by atoms with Crippen LogP contribution in [0.1, 0.15) is 25.5 Å². The molecule has 1 atom stereocenters. The number of carbonyl (C=O) groups excluding carboxylic acids is 1. The number of ketones is 1. The van der Waals surface area contributed by atoms with Crippen LogP contribution >= 0.6 is 12.2 Å². The Hall–Kier alpha value is -1.88. The summed E-state index contributed by atoms with van der Waals surface area (Å²) >= 11 is 5.10. The van der Waals surface area contributed by atoms with Gasteiger partial charge in [0, 0.05) is 11.3 Å². The number of allylic oxidation sites excluding steroid dienone is 1. The average Bonchev–Trinajstić information content (AvgIpc) is 2.27. The van der Waals surface area contributed by atoms with Gasteiger partial charge in [0.05, 0.1) is 6.04 Å². The van der Waals surface area contributed by atoms with Crippen molar-refractivity contribution in [2.75, 3.05) is 0 Å². The molecule has 1 unspecified atom stereocenters. The molecule has 1 aromatic carbocycles. The van der Waals surface area contributed by atoms with E-state index in [1.165, 1.54) is 6.92 Å². The second-order valence-corrected chi connectivity index (χ2v) is 4.63. The van der Waals surface area contributed by atoms with Gasteiger partial charge in [-0.25, -0.2) is 0 Å². The fourth-order valence-corrected chi connectivity index (χ4v) is 2.39. The van der Waals surface area contributed by atoms with Crippen LogP contribution in [-0.4, -0.2) is 16.0 Å². The van der Waals surface area contributed by atoms with Crippen molar-refractivity contribution in [1.29, 1.82) is 0 Å². The van der Waals surface area contributed by atoms with Crippen LogP contribution in [-0.2, 0) is 4.79 Å². The van der Waals surface area contributed by atoms with E-state index >= 15 is 0 Å². The molecule has 1 heterocycles. The monoisotopic (exact) mass is 262 g/mol. The van der Waals surface area contributed by atoms with E-state index in [1.807, 2.05) is 13.0 Å². The van der Waals surface area contributed by atoms with Crippen molar-refractivity contribution in [1.82, 2.24) is 10.6 Å². The molecule has 0 radical (unpaired) electrons. The van der Waals surface area contributed by atoms with Crippen LogP contribution in [0.2, 0.25) is 0 Å². The first kappa shape index (κ1) is 12.6. The van der Waals surface area contributed by atoms with E-state index in [0.717, 1.165) is 11.3 Å². The van der Waals surface area contributed by atoms with E-state index < -0.39 is 0 Å². The summed E-state index contributed by atoms with van der Waals surface area (Å²) in [6.45, 7) is 3.34. The fourth-order valence-electron chi connectivity index (χ4n) is 2.12. The normalized spacial score (nSPS) is 19.2. The molecule has 2 rings (SSSR count). The minimum atomic E-state index is -0.316. The van der Waals surface area contributed by atoms with Gasteiger partial charge in [-0.1, -0.05) is 12.1 Å². The van der Waals surface area contributed by atoms with Gasteiger partial charge in [0.15, 0.2) is 10.9 Å². The SMILES string of the molecule is CC(=O)C1=C(C)NC(=S)NC1c1cccc(O)c1. The lowest BCUT2D eigenvalue weighted by Gasteiger charge is -2.29. The molecule has 0 amide bonds. The standard InChI is InChI=1S/C13H14N2O2S/c1-7-11(8(2)16)12(15-13(18)14-7)9-4-3-5-10(17)6-9/h3-6,12,17H,1-2H3,(H2,14,15,18). The zero-order valence-corrected chi connectivity index (χ0v) is 11.0. The molecule has 94 valence electrons. The Balaban J connectivity index is 2.50. The number of carbonyl (C=O) groups is 1. The second-order valence-electron chi connectivity index (χ2n) is 4.22. The van der Waals surface area contributed by atoms with Gasteiger partial charge < -0.3 is 15.7 Å². The molecule has 1 aliphatic rings. The molecule has 0 fully saturated rings. The third-order valence-corrected chi connectivity index (χ3v) is 3.07. The number of phenols is 1. The highest BCUT2D eigenvalue weighted by Gasteiger charge is 2.27. The Morgan fingerprint density at radius 1 is 1.44 bits per heavy atom. The van der Waals surface area contributed by atoms with Crippen LogP contribution < -0.4 is 10.6 Å². The van der Waals surface area contributed by atoms with Crippen molar-refractivity contribution in [3.05, 3.63) is 41.1 Å². The first-order chi connectivity index (χ1) is 8.49.